The van der Waals surface area contributed by atoms with Crippen LogP contribution < -0.4 is 5.32 Å². The van der Waals surface area contributed by atoms with Gasteiger partial charge in [-0.25, -0.2) is 0 Å². The molecule has 2 nitrogen and oxygen atoms in total. The van der Waals surface area contributed by atoms with Crippen LogP contribution in [0, 0.1) is 0 Å². The van der Waals surface area contributed by atoms with Gasteiger partial charge in [0, 0.05) is 17.1 Å². The van der Waals surface area contributed by atoms with Crippen molar-refractivity contribution in [2.75, 3.05) is 19.6 Å². The first-order valence-corrected chi connectivity index (χ1v) is 8.30. The third-order valence-electron chi connectivity index (χ3n) is 4.22. The zero-order valence-electron chi connectivity index (χ0n) is 12.7. The summed E-state index contributed by atoms with van der Waals surface area (Å²) in [4.78, 5) is 2.61. The summed E-state index contributed by atoms with van der Waals surface area (Å²) in [6.45, 7) is 8.26. The molecular formula is C17H27ClN2. The van der Waals surface area contributed by atoms with Gasteiger partial charge in [0.05, 0.1) is 0 Å². The summed E-state index contributed by atoms with van der Waals surface area (Å²) in [6.07, 6.45) is 5.13. The number of nitrogens with one attached hydrogen (secondary N) is 1. The Hall–Kier alpha value is -0.570. The van der Waals surface area contributed by atoms with E-state index in [1.54, 1.807) is 0 Å². The van der Waals surface area contributed by atoms with E-state index >= 15 is 0 Å². The zero-order chi connectivity index (χ0) is 14.4. The summed E-state index contributed by atoms with van der Waals surface area (Å²) in [7, 11) is 0. The number of hydrogen-bond acceptors (Lipinski definition) is 2. The molecule has 20 heavy (non-hydrogen) atoms. The lowest BCUT2D eigenvalue weighted by molar-refractivity contribution is 0.281. The molecule has 0 bridgehead atoms. The highest BCUT2D eigenvalue weighted by Gasteiger charge is 2.18. The average molecular weight is 295 g/mol. The molecule has 1 saturated heterocycles. The van der Waals surface area contributed by atoms with Crippen LogP contribution >= 0.6 is 11.6 Å². The van der Waals surface area contributed by atoms with Crippen molar-refractivity contribution in [1.82, 2.24) is 10.2 Å². The van der Waals surface area contributed by atoms with E-state index in [1.807, 2.05) is 12.1 Å². The first kappa shape index (κ1) is 15.8. The van der Waals surface area contributed by atoms with E-state index in [4.69, 9.17) is 11.6 Å². The highest BCUT2D eigenvalue weighted by molar-refractivity contribution is 6.30. The standard InChI is InChI=1S/C17H27ClN2/c1-3-11-20-12-4-5-17(10-13-20)19-14(2)15-6-8-16(18)9-7-15/h6-9,14,17,19H,3-5,10-13H2,1-2H3/t14-,17?/m0/s1. The van der Waals surface area contributed by atoms with Crippen molar-refractivity contribution in [3.05, 3.63) is 34.9 Å². The van der Waals surface area contributed by atoms with Crippen LogP contribution in [0.25, 0.3) is 0 Å². The summed E-state index contributed by atoms with van der Waals surface area (Å²) in [6, 6.07) is 9.24. The largest absolute Gasteiger partial charge is 0.307 e. The van der Waals surface area contributed by atoms with Crippen LogP contribution in [0.2, 0.25) is 5.02 Å². The van der Waals surface area contributed by atoms with E-state index in [-0.39, 0.29) is 0 Å². The lowest BCUT2D eigenvalue weighted by Crippen LogP contribution is -2.33. The van der Waals surface area contributed by atoms with Crippen LogP contribution in [0.5, 0.6) is 0 Å². The predicted octanol–water partition coefficient (Wildman–Crippen LogP) is 4.26. The second kappa shape index (κ2) is 8.02. The van der Waals surface area contributed by atoms with Gasteiger partial charge in [0.15, 0.2) is 0 Å². The second-order valence-corrected chi connectivity index (χ2v) is 6.35. The van der Waals surface area contributed by atoms with Gasteiger partial charge < -0.3 is 10.2 Å². The second-order valence-electron chi connectivity index (χ2n) is 5.91. The summed E-state index contributed by atoms with van der Waals surface area (Å²) in [5.74, 6) is 0. The van der Waals surface area contributed by atoms with Crippen LogP contribution in [0.1, 0.15) is 51.1 Å². The van der Waals surface area contributed by atoms with E-state index < -0.39 is 0 Å². The normalized spacial score (nSPS) is 22.4. The minimum Gasteiger partial charge on any atom is -0.307 e. The smallest absolute Gasteiger partial charge is 0.0406 e. The first-order chi connectivity index (χ1) is 9.69. The fourth-order valence-corrected chi connectivity index (χ4v) is 3.19. The highest BCUT2D eigenvalue weighted by Crippen LogP contribution is 2.19. The molecule has 0 radical (unpaired) electrons. The Morgan fingerprint density at radius 1 is 1.25 bits per heavy atom. The molecule has 0 saturated carbocycles. The topological polar surface area (TPSA) is 15.3 Å². The molecule has 1 aliphatic heterocycles. The fourth-order valence-electron chi connectivity index (χ4n) is 3.06. The molecule has 0 aliphatic carbocycles. The van der Waals surface area contributed by atoms with Crippen LogP contribution in [0.3, 0.4) is 0 Å². The van der Waals surface area contributed by atoms with Gasteiger partial charge >= 0.3 is 0 Å². The van der Waals surface area contributed by atoms with Crippen molar-refractivity contribution < 1.29 is 0 Å². The van der Waals surface area contributed by atoms with Gasteiger partial charge in [-0.15, -0.1) is 0 Å². The number of benzene rings is 1. The average Bonchev–Trinajstić information content (AvgIpc) is 2.66. The molecule has 1 aliphatic rings. The van der Waals surface area contributed by atoms with E-state index in [0.29, 0.717) is 12.1 Å². The Morgan fingerprint density at radius 3 is 2.70 bits per heavy atom. The van der Waals surface area contributed by atoms with Gasteiger partial charge in [-0.1, -0.05) is 30.7 Å². The fraction of sp³-hybridized carbons (Fsp3) is 0.647. The minimum absolute atomic E-state index is 0.398. The van der Waals surface area contributed by atoms with Crippen molar-refractivity contribution in [2.45, 2.75) is 51.6 Å². The number of hydrogen-bond donors (Lipinski definition) is 1. The molecule has 1 fully saturated rings. The Morgan fingerprint density at radius 2 is 2.00 bits per heavy atom. The van der Waals surface area contributed by atoms with Gasteiger partial charge in [0.25, 0.3) is 0 Å². The van der Waals surface area contributed by atoms with Gasteiger partial charge in [0.1, 0.15) is 0 Å². The Kier molecular flexibility index (Phi) is 6.34. The van der Waals surface area contributed by atoms with Crippen molar-refractivity contribution in [1.29, 1.82) is 0 Å². The van der Waals surface area contributed by atoms with Crippen molar-refractivity contribution in [3.63, 3.8) is 0 Å². The summed E-state index contributed by atoms with van der Waals surface area (Å²) in [5.41, 5.74) is 1.32. The van der Waals surface area contributed by atoms with Crippen LogP contribution in [0.15, 0.2) is 24.3 Å². The summed E-state index contributed by atoms with van der Waals surface area (Å²) < 4.78 is 0. The molecular weight excluding hydrogens is 268 g/mol. The number of rotatable bonds is 5. The molecule has 1 unspecified atom stereocenters. The first-order valence-electron chi connectivity index (χ1n) is 7.93. The molecule has 0 spiro atoms. The van der Waals surface area contributed by atoms with Gasteiger partial charge in [-0.2, -0.15) is 0 Å². The molecule has 1 aromatic carbocycles. The van der Waals surface area contributed by atoms with Crippen molar-refractivity contribution in [3.8, 4) is 0 Å². The van der Waals surface area contributed by atoms with E-state index in [1.165, 1.54) is 50.9 Å². The highest BCUT2D eigenvalue weighted by atomic mass is 35.5. The molecule has 1 heterocycles. The molecule has 3 heteroatoms. The minimum atomic E-state index is 0.398. The Bertz CT molecular complexity index is 390. The molecule has 2 rings (SSSR count). The van der Waals surface area contributed by atoms with E-state index in [0.717, 1.165) is 5.02 Å². The van der Waals surface area contributed by atoms with Crippen LogP contribution in [0.4, 0.5) is 0 Å². The third-order valence-corrected chi connectivity index (χ3v) is 4.47. The van der Waals surface area contributed by atoms with Crippen LogP contribution in [-0.2, 0) is 0 Å². The van der Waals surface area contributed by atoms with Gasteiger partial charge in [-0.05, 0) is 69.9 Å². The lowest BCUT2D eigenvalue weighted by atomic mass is 10.0. The van der Waals surface area contributed by atoms with E-state index in [2.05, 4.69) is 36.2 Å². The number of likely N-dealkylation sites (tertiary alicyclic amines) is 1. The molecule has 0 amide bonds. The predicted molar refractivity (Wildman–Crippen MR) is 87.4 cm³/mol. The van der Waals surface area contributed by atoms with Crippen molar-refractivity contribution in [2.24, 2.45) is 0 Å². The van der Waals surface area contributed by atoms with Crippen LogP contribution in [-0.4, -0.2) is 30.6 Å². The quantitative estimate of drug-likeness (QED) is 0.873. The Balaban J connectivity index is 1.85. The molecule has 1 N–H and O–H groups in total. The summed E-state index contributed by atoms with van der Waals surface area (Å²) in [5, 5.41) is 4.60. The maximum absolute atomic E-state index is 5.95. The third kappa shape index (κ3) is 4.76. The monoisotopic (exact) mass is 294 g/mol. The number of halogens is 1. The zero-order valence-corrected chi connectivity index (χ0v) is 13.5. The maximum Gasteiger partial charge on any atom is 0.0406 e. The molecule has 112 valence electrons. The molecule has 1 aromatic rings. The lowest BCUT2D eigenvalue weighted by Gasteiger charge is -2.23. The summed E-state index contributed by atoms with van der Waals surface area (Å²) >= 11 is 5.95. The van der Waals surface area contributed by atoms with E-state index in [9.17, 15) is 0 Å². The van der Waals surface area contributed by atoms with Crippen molar-refractivity contribution >= 4 is 11.6 Å². The molecule has 2 atom stereocenters. The SMILES string of the molecule is CCCN1CCCC(N[C@@H](C)c2ccc(Cl)cc2)CC1. The Labute approximate surface area is 128 Å². The maximum atomic E-state index is 5.95. The van der Waals surface area contributed by atoms with Gasteiger partial charge in [0.2, 0.25) is 0 Å². The number of nitrogens with zero attached hydrogens (tertiary/aromatic N) is 1. The molecule has 0 aromatic heterocycles. The van der Waals surface area contributed by atoms with Gasteiger partial charge in [-0.3, -0.25) is 0 Å².